The van der Waals surface area contributed by atoms with Gasteiger partial charge < -0.3 is 24.8 Å². The first-order valence-corrected chi connectivity index (χ1v) is 11.7. The maximum Gasteiger partial charge on any atom is 0.416 e. The Labute approximate surface area is 206 Å². The van der Waals surface area contributed by atoms with Gasteiger partial charge in [0.1, 0.15) is 17.1 Å². The molecule has 0 aliphatic carbocycles. The third-order valence-electron chi connectivity index (χ3n) is 6.58. The van der Waals surface area contributed by atoms with Gasteiger partial charge in [0.2, 0.25) is 5.91 Å². The molecule has 2 heterocycles. The minimum absolute atomic E-state index is 0.0868. The minimum Gasteiger partial charge on any atom is -0.486 e. The molecule has 0 aromatic heterocycles. The van der Waals surface area contributed by atoms with Crippen LogP contribution in [0, 0.1) is 0 Å². The molecule has 0 saturated carbocycles. The Kier molecular flexibility index (Phi) is 6.99. The number of nitrogens with zero attached hydrogens (tertiary/aromatic N) is 1. The van der Waals surface area contributed by atoms with Crippen molar-refractivity contribution in [2.75, 3.05) is 30.0 Å². The summed E-state index contributed by atoms with van der Waals surface area (Å²) >= 11 is 0. The second-order valence-corrected chi connectivity index (χ2v) is 8.78. The van der Waals surface area contributed by atoms with Crippen molar-refractivity contribution in [3.05, 3.63) is 53.6 Å². The standard InChI is InChI=1S/C26H27F3N2O5/c1-3-25(4-2)14-16(19-7-5-17(26(27,28)29)12-22(19)36-25)11-23(33)30-18-6-8-21-20(13-18)31(9-10-32)24(34)15-35-21/h5-8,11-13,32H,3-4,9-10,14-15H2,1-2H3,(H,30,33)/b16-11+. The van der Waals surface area contributed by atoms with Crippen LogP contribution in [0.15, 0.2) is 42.5 Å². The number of carbonyl (C=O) groups is 2. The lowest BCUT2D eigenvalue weighted by molar-refractivity contribution is -0.137. The van der Waals surface area contributed by atoms with Crippen LogP contribution in [0.3, 0.4) is 0 Å². The molecular weight excluding hydrogens is 477 g/mol. The van der Waals surface area contributed by atoms with Gasteiger partial charge in [-0.25, -0.2) is 0 Å². The fourth-order valence-electron chi connectivity index (χ4n) is 4.49. The largest absolute Gasteiger partial charge is 0.486 e. The highest BCUT2D eigenvalue weighted by Gasteiger charge is 2.38. The molecule has 2 amide bonds. The lowest BCUT2D eigenvalue weighted by Gasteiger charge is -2.39. The summed E-state index contributed by atoms with van der Waals surface area (Å²) in [6, 6.07) is 8.12. The van der Waals surface area contributed by atoms with Crippen molar-refractivity contribution in [1.82, 2.24) is 0 Å². The van der Waals surface area contributed by atoms with Gasteiger partial charge in [0.15, 0.2) is 6.61 Å². The zero-order valence-electron chi connectivity index (χ0n) is 19.9. The number of alkyl halides is 3. The average Bonchev–Trinajstić information content (AvgIpc) is 2.84. The van der Waals surface area contributed by atoms with Crippen LogP contribution in [0.4, 0.5) is 24.5 Å². The number of benzene rings is 2. The normalized spacial score (nSPS) is 17.7. The Morgan fingerprint density at radius 3 is 2.58 bits per heavy atom. The van der Waals surface area contributed by atoms with E-state index in [9.17, 15) is 27.9 Å². The van der Waals surface area contributed by atoms with Crippen LogP contribution in [-0.4, -0.2) is 42.3 Å². The van der Waals surface area contributed by atoms with E-state index in [4.69, 9.17) is 9.47 Å². The van der Waals surface area contributed by atoms with E-state index in [1.807, 2.05) is 13.8 Å². The van der Waals surface area contributed by atoms with E-state index in [-0.39, 0.29) is 31.4 Å². The summed E-state index contributed by atoms with van der Waals surface area (Å²) in [6.07, 6.45) is -1.67. The Bertz CT molecular complexity index is 1200. The predicted molar refractivity (Wildman–Crippen MR) is 128 cm³/mol. The number of β-amino-alcohol motifs (C(OH)–C–C–N with tert-alkyl or cyclic N) is 1. The van der Waals surface area contributed by atoms with Gasteiger partial charge in [-0.2, -0.15) is 13.2 Å². The number of amides is 2. The van der Waals surface area contributed by atoms with Gasteiger partial charge in [-0.15, -0.1) is 0 Å². The quantitative estimate of drug-likeness (QED) is 0.553. The zero-order valence-corrected chi connectivity index (χ0v) is 19.9. The highest BCUT2D eigenvalue weighted by molar-refractivity contribution is 6.05. The second-order valence-electron chi connectivity index (χ2n) is 8.78. The smallest absolute Gasteiger partial charge is 0.416 e. The van der Waals surface area contributed by atoms with Gasteiger partial charge in [-0.05, 0) is 48.7 Å². The molecule has 0 unspecified atom stereocenters. The summed E-state index contributed by atoms with van der Waals surface area (Å²) in [5, 5.41) is 12.1. The number of carbonyl (C=O) groups excluding carboxylic acids is 2. The van der Waals surface area contributed by atoms with Gasteiger partial charge in [-0.1, -0.05) is 19.9 Å². The van der Waals surface area contributed by atoms with Crippen LogP contribution >= 0.6 is 0 Å². The molecule has 0 atom stereocenters. The monoisotopic (exact) mass is 504 g/mol. The van der Waals surface area contributed by atoms with Gasteiger partial charge in [0.25, 0.3) is 5.91 Å². The fraction of sp³-hybridized carbons (Fsp3) is 0.385. The molecule has 10 heteroatoms. The Balaban J connectivity index is 1.65. The number of aliphatic hydroxyl groups excluding tert-OH is 1. The maximum atomic E-state index is 13.3. The molecule has 2 aliphatic rings. The van der Waals surface area contributed by atoms with Crippen LogP contribution in [0.2, 0.25) is 0 Å². The van der Waals surface area contributed by atoms with Crippen LogP contribution in [0.1, 0.15) is 44.2 Å². The van der Waals surface area contributed by atoms with Gasteiger partial charge >= 0.3 is 6.18 Å². The molecule has 0 fully saturated rings. The third kappa shape index (κ3) is 5.04. The summed E-state index contributed by atoms with van der Waals surface area (Å²) in [5.74, 6) is -0.234. The minimum atomic E-state index is -4.51. The molecule has 7 nitrogen and oxygen atoms in total. The Hall–Kier alpha value is -3.53. The molecule has 2 aromatic rings. The van der Waals surface area contributed by atoms with E-state index >= 15 is 0 Å². The highest BCUT2D eigenvalue weighted by Crippen LogP contribution is 2.45. The van der Waals surface area contributed by atoms with Crippen molar-refractivity contribution < 1.29 is 37.3 Å². The first-order chi connectivity index (χ1) is 17.1. The van der Waals surface area contributed by atoms with Gasteiger partial charge in [0, 0.05) is 30.3 Å². The highest BCUT2D eigenvalue weighted by atomic mass is 19.4. The average molecular weight is 505 g/mol. The molecule has 192 valence electrons. The third-order valence-corrected chi connectivity index (χ3v) is 6.58. The van der Waals surface area contributed by atoms with Gasteiger partial charge in [0.05, 0.1) is 17.9 Å². The number of rotatable bonds is 6. The number of ether oxygens (including phenoxy) is 2. The number of halogens is 3. The zero-order chi connectivity index (χ0) is 26.1. The molecule has 0 spiro atoms. The molecular formula is C26H27F3N2O5. The molecule has 0 bridgehead atoms. The van der Waals surface area contributed by atoms with E-state index < -0.39 is 23.2 Å². The number of anilines is 2. The van der Waals surface area contributed by atoms with Crippen LogP contribution in [0.25, 0.3) is 5.57 Å². The van der Waals surface area contributed by atoms with Crippen LogP contribution in [0.5, 0.6) is 11.5 Å². The Morgan fingerprint density at radius 1 is 1.17 bits per heavy atom. The Morgan fingerprint density at radius 2 is 1.92 bits per heavy atom. The summed E-state index contributed by atoms with van der Waals surface area (Å²) in [6.45, 7) is 3.51. The maximum absolute atomic E-state index is 13.3. The fourth-order valence-corrected chi connectivity index (χ4v) is 4.49. The van der Waals surface area contributed by atoms with Crippen molar-refractivity contribution in [3.8, 4) is 11.5 Å². The topological polar surface area (TPSA) is 88.1 Å². The van der Waals surface area contributed by atoms with E-state index in [0.717, 1.165) is 12.1 Å². The van der Waals surface area contributed by atoms with Crippen molar-refractivity contribution >= 4 is 28.8 Å². The molecule has 2 aliphatic heterocycles. The molecule has 4 rings (SSSR count). The number of fused-ring (bicyclic) bond motifs is 2. The lowest BCUT2D eigenvalue weighted by Crippen LogP contribution is -2.40. The summed E-state index contributed by atoms with van der Waals surface area (Å²) < 4.78 is 51.4. The summed E-state index contributed by atoms with van der Waals surface area (Å²) in [5.41, 5.74) is 0.300. The van der Waals surface area contributed by atoms with E-state index in [2.05, 4.69) is 5.32 Å². The molecule has 2 N–H and O–H groups in total. The number of hydrogen-bond acceptors (Lipinski definition) is 5. The number of aliphatic hydroxyl groups is 1. The molecule has 0 radical (unpaired) electrons. The molecule has 2 aromatic carbocycles. The van der Waals surface area contributed by atoms with Crippen molar-refractivity contribution in [3.63, 3.8) is 0 Å². The van der Waals surface area contributed by atoms with Crippen molar-refractivity contribution in [2.24, 2.45) is 0 Å². The predicted octanol–water partition coefficient (Wildman–Crippen LogP) is 4.79. The number of hydrogen-bond donors (Lipinski definition) is 2. The molecule has 0 saturated heterocycles. The molecule has 36 heavy (non-hydrogen) atoms. The van der Waals surface area contributed by atoms with E-state index in [0.29, 0.717) is 47.5 Å². The SMILES string of the molecule is CCC1(CC)C/C(=C\C(=O)Nc2ccc3c(c2)N(CCO)C(=O)CO3)c2ccc(C(F)(F)F)cc2O1. The lowest BCUT2D eigenvalue weighted by atomic mass is 9.83. The van der Waals surface area contributed by atoms with Crippen molar-refractivity contribution in [2.45, 2.75) is 44.9 Å². The second kappa shape index (κ2) is 9.85. The van der Waals surface area contributed by atoms with Crippen LogP contribution in [-0.2, 0) is 15.8 Å². The first-order valence-electron chi connectivity index (χ1n) is 11.7. The summed E-state index contributed by atoms with van der Waals surface area (Å²) in [7, 11) is 0. The first kappa shape index (κ1) is 25.6. The van der Waals surface area contributed by atoms with E-state index in [1.54, 1.807) is 18.2 Å². The number of nitrogens with one attached hydrogen (secondary N) is 1. The van der Waals surface area contributed by atoms with Crippen molar-refractivity contribution in [1.29, 1.82) is 0 Å². The van der Waals surface area contributed by atoms with Gasteiger partial charge in [-0.3, -0.25) is 9.59 Å². The van der Waals surface area contributed by atoms with Crippen LogP contribution < -0.4 is 19.7 Å². The summed E-state index contributed by atoms with van der Waals surface area (Å²) in [4.78, 5) is 26.5. The van der Waals surface area contributed by atoms with E-state index in [1.165, 1.54) is 17.0 Å².